The van der Waals surface area contributed by atoms with Gasteiger partial charge < -0.3 is 5.11 Å². The van der Waals surface area contributed by atoms with Gasteiger partial charge in [0.1, 0.15) is 5.69 Å². The summed E-state index contributed by atoms with van der Waals surface area (Å²) in [7, 11) is 1.72. The number of rotatable bonds is 2. The quantitative estimate of drug-likeness (QED) is 0.738. The molecule has 1 aromatic rings. The van der Waals surface area contributed by atoms with E-state index in [0.717, 1.165) is 0 Å². The second-order valence-electron chi connectivity index (χ2n) is 2.67. The van der Waals surface area contributed by atoms with Crippen LogP contribution in [-0.2, 0) is 11.8 Å². The molecular formula is C8H9ClN2O2. The predicted molar refractivity (Wildman–Crippen MR) is 49.5 cm³/mol. The molecular weight excluding hydrogens is 192 g/mol. The summed E-state index contributed by atoms with van der Waals surface area (Å²) in [4.78, 5) is 10.5. The van der Waals surface area contributed by atoms with Gasteiger partial charge in [0.25, 0.3) is 0 Å². The molecule has 4 nitrogen and oxygen atoms in total. The highest BCUT2D eigenvalue weighted by Crippen LogP contribution is 2.16. The number of nitrogens with zero attached hydrogens (tertiary/aromatic N) is 2. The third kappa shape index (κ3) is 2.32. The van der Waals surface area contributed by atoms with E-state index in [0.29, 0.717) is 10.7 Å². The zero-order valence-electron chi connectivity index (χ0n) is 7.28. The van der Waals surface area contributed by atoms with Crippen LogP contribution in [0.3, 0.4) is 0 Å². The third-order valence-electron chi connectivity index (χ3n) is 1.50. The number of hydrogen-bond acceptors (Lipinski definition) is 2. The van der Waals surface area contributed by atoms with Crippen LogP contribution >= 0.6 is 11.6 Å². The summed E-state index contributed by atoms with van der Waals surface area (Å²) in [5, 5.41) is 13.0. The SMILES string of the molecule is C/C(=C/c1nn(C)cc1Cl)C(=O)O. The van der Waals surface area contributed by atoms with Crippen LogP contribution in [0, 0.1) is 0 Å². The largest absolute Gasteiger partial charge is 0.478 e. The van der Waals surface area contributed by atoms with Crippen LogP contribution < -0.4 is 0 Å². The molecule has 0 saturated heterocycles. The average Bonchev–Trinajstić information content (AvgIpc) is 2.30. The van der Waals surface area contributed by atoms with E-state index in [-0.39, 0.29) is 5.57 Å². The minimum Gasteiger partial charge on any atom is -0.478 e. The molecule has 5 heteroatoms. The first-order valence-electron chi connectivity index (χ1n) is 3.61. The fourth-order valence-corrected chi connectivity index (χ4v) is 1.07. The predicted octanol–water partition coefficient (Wildman–Crippen LogP) is 1.56. The summed E-state index contributed by atoms with van der Waals surface area (Å²) in [6.07, 6.45) is 3.05. The Labute approximate surface area is 80.4 Å². The van der Waals surface area contributed by atoms with Gasteiger partial charge in [-0.3, -0.25) is 4.68 Å². The summed E-state index contributed by atoms with van der Waals surface area (Å²) >= 11 is 5.77. The van der Waals surface area contributed by atoms with Crippen molar-refractivity contribution in [1.29, 1.82) is 0 Å². The van der Waals surface area contributed by atoms with Crippen molar-refractivity contribution in [2.75, 3.05) is 0 Å². The molecule has 0 atom stereocenters. The molecule has 70 valence electrons. The summed E-state index contributed by atoms with van der Waals surface area (Å²) in [6.45, 7) is 1.49. The summed E-state index contributed by atoms with van der Waals surface area (Å²) in [5.41, 5.74) is 0.685. The van der Waals surface area contributed by atoms with Crippen LogP contribution in [0.2, 0.25) is 5.02 Å². The van der Waals surface area contributed by atoms with E-state index in [4.69, 9.17) is 16.7 Å². The zero-order valence-corrected chi connectivity index (χ0v) is 8.04. The maximum absolute atomic E-state index is 10.5. The fraction of sp³-hybridized carbons (Fsp3) is 0.250. The standard InChI is InChI=1S/C8H9ClN2O2/c1-5(8(12)13)3-7-6(9)4-11(2)10-7/h3-4H,1-2H3,(H,12,13)/b5-3-. The van der Waals surface area contributed by atoms with Gasteiger partial charge in [0.2, 0.25) is 0 Å². The van der Waals surface area contributed by atoms with Gasteiger partial charge in [-0.1, -0.05) is 11.6 Å². The minimum absolute atomic E-state index is 0.209. The number of halogens is 1. The van der Waals surface area contributed by atoms with Crippen LogP contribution in [0.4, 0.5) is 0 Å². The molecule has 0 bridgehead atoms. The molecule has 0 radical (unpaired) electrons. The van der Waals surface area contributed by atoms with E-state index >= 15 is 0 Å². The molecule has 0 fully saturated rings. The first-order chi connectivity index (χ1) is 6.00. The van der Waals surface area contributed by atoms with Crippen LogP contribution in [0.1, 0.15) is 12.6 Å². The lowest BCUT2D eigenvalue weighted by atomic mass is 10.2. The lowest BCUT2D eigenvalue weighted by molar-refractivity contribution is -0.132. The van der Waals surface area contributed by atoms with Crippen LogP contribution in [0.15, 0.2) is 11.8 Å². The maximum atomic E-state index is 10.5. The van der Waals surface area contributed by atoms with E-state index < -0.39 is 5.97 Å². The zero-order chi connectivity index (χ0) is 10.0. The van der Waals surface area contributed by atoms with Crippen LogP contribution in [0.25, 0.3) is 6.08 Å². The van der Waals surface area contributed by atoms with Crippen molar-refractivity contribution in [3.8, 4) is 0 Å². The Bertz CT molecular complexity index is 368. The topological polar surface area (TPSA) is 55.1 Å². The molecule has 0 aromatic carbocycles. The Hall–Kier alpha value is -1.29. The lowest BCUT2D eigenvalue weighted by Gasteiger charge is -1.90. The molecule has 1 rings (SSSR count). The normalized spacial score (nSPS) is 11.8. The van der Waals surface area contributed by atoms with Crippen molar-refractivity contribution in [3.05, 3.63) is 22.5 Å². The Balaban J connectivity index is 3.03. The number of carboxylic acids is 1. The number of carbonyl (C=O) groups is 1. The molecule has 0 unspecified atom stereocenters. The molecule has 0 aliphatic rings. The number of aryl methyl sites for hydroxylation is 1. The smallest absolute Gasteiger partial charge is 0.331 e. The van der Waals surface area contributed by atoms with Gasteiger partial charge >= 0.3 is 5.97 Å². The Morgan fingerprint density at radius 2 is 2.38 bits per heavy atom. The Kier molecular flexibility index (Phi) is 2.72. The molecule has 0 amide bonds. The Morgan fingerprint density at radius 3 is 2.77 bits per heavy atom. The highest BCUT2D eigenvalue weighted by Gasteiger charge is 2.05. The van der Waals surface area contributed by atoms with Gasteiger partial charge in [-0.15, -0.1) is 0 Å². The summed E-state index contributed by atoms with van der Waals surface area (Å²) < 4.78 is 1.53. The van der Waals surface area contributed by atoms with Crippen LogP contribution in [-0.4, -0.2) is 20.9 Å². The van der Waals surface area contributed by atoms with Crippen molar-refractivity contribution in [2.45, 2.75) is 6.92 Å². The minimum atomic E-state index is -0.971. The number of hydrogen-bond donors (Lipinski definition) is 1. The van der Waals surface area contributed by atoms with Crippen molar-refractivity contribution in [3.63, 3.8) is 0 Å². The molecule has 13 heavy (non-hydrogen) atoms. The third-order valence-corrected chi connectivity index (χ3v) is 1.79. The second-order valence-corrected chi connectivity index (χ2v) is 3.08. The number of aliphatic carboxylic acids is 1. The molecule has 0 spiro atoms. The summed E-state index contributed by atoms with van der Waals surface area (Å²) in [6, 6.07) is 0. The number of carboxylic acid groups (broad SMARTS) is 1. The average molecular weight is 201 g/mol. The molecule has 0 aliphatic heterocycles. The van der Waals surface area contributed by atoms with Crippen LogP contribution in [0.5, 0.6) is 0 Å². The van der Waals surface area contributed by atoms with Gasteiger partial charge in [0.15, 0.2) is 0 Å². The Morgan fingerprint density at radius 1 is 1.77 bits per heavy atom. The molecule has 1 N–H and O–H groups in total. The van der Waals surface area contributed by atoms with E-state index in [1.165, 1.54) is 17.7 Å². The van der Waals surface area contributed by atoms with Crippen molar-refractivity contribution >= 4 is 23.6 Å². The van der Waals surface area contributed by atoms with E-state index in [1.807, 2.05) is 0 Å². The van der Waals surface area contributed by atoms with Gasteiger partial charge in [-0.2, -0.15) is 5.10 Å². The van der Waals surface area contributed by atoms with E-state index in [1.54, 1.807) is 13.2 Å². The molecule has 1 heterocycles. The molecule has 0 aliphatic carbocycles. The van der Waals surface area contributed by atoms with Crippen molar-refractivity contribution in [2.24, 2.45) is 7.05 Å². The molecule has 0 saturated carbocycles. The van der Waals surface area contributed by atoms with Gasteiger partial charge in [0, 0.05) is 18.8 Å². The number of aromatic nitrogens is 2. The van der Waals surface area contributed by atoms with Crippen molar-refractivity contribution < 1.29 is 9.90 Å². The van der Waals surface area contributed by atoms with Gasteiger partial charge in [-0.05, 0) is 13.0 Å². The van der Waals surface area contributed by atoms with Gasteiger partial charge in [-0.25, -0.2) is 4.79 Å². The van der Waals surface area contributed by atoms with Gasteiger partial charge in [0.05, 0.1) is 5.02 Å². The molecule has 1 aromatic heterocycles. The maximum Gasteiger partial charge on any atom is 0.331 e. The first kappa shape index (κ1) is 9.80. The van der Waals surface area contributed by atoms with Crippen molar-refractivity contribution in [1.82, 2.24) is 9.78 Å². The summed E-state index contributed by atoms with van der Waals surface area (Å²) in [5.74, 6) is -0.971. The monoisotopic (exact) mass is 200 g/mol. The lowest BCUT2D eigenvalue weighted by Crippen LogP contribution is -1.96. The highest BCUT2D eigenvalue weighted by molar-refractivity contribution is 6.31. The van der Waals surface area contributed by atoms with E-state index in [2.05, 4.69) is 5.10 Å². The highest BCUT2D eigenvalue weighted by atomic mass is 35.5. The first-order valence-corrected chi connectivity index (χ1v) is 3.99. The second kappa shape index (κ2) is 3.62. The fourth-order valence-electron chi connectivity index (χ4n) is 0.841. The van der Waals surface area contributed by atoms with E-state index in [9.17, 15) is 4.79 Å².